The molecule has 0 N–H and O–H groups in total. The first-order valence-electron chi connectivity index (χ1n) is 8.50. The van der Waals surface area contributed by atoms with Gasteiger partial charge in [0.1, 0.15) is 0 Å². The van der Waals surface area contributed by atoms with Gasteiger partial charge in [-0.15, -0.1) is 0 Å². The number of aromatic nitrogens is 1. The monoisotopic (exact) mass is 374 g/mol. The maximum atomic E-state index is 14.3. The topological polar surface area (TPSA) is 83.6 Å². The molecule has 0 radical (unpaired) electrons. The fraction of sp³-hybridized carbons (Fsp3) is 0.389. The minimum Gasteiger partial charge on any atom is -0.399 e. The molecule has 1 aromatic heterocycles. The van der Waals surface area contributed by atoms with Gasteiger partial charge in [-0.2, -0.15) is 4.39 Å². The zero-order chi connectivity index (χ0) is 20.0. The normalized spacial score (nSPS) is 17.9. The number of rotatable bonds is 4. The third-order valence-corrected chi connectivity index (χ3v) is 5.13. The van der Waals surface area contributed by atoms with Gasteiger partial charge in [0.2, 0.25) is 5.82 Å². The van der Waals surface area contributed by atoms with E-state index in [4.69, 9.17) is 9.31 Å². The molecule has 0 unspecified atom stereocenters. The second-order valence-electron chi connectivity index (χ2n) is 7.52. The zero-order valence-corrected chi connectivity index (χ0v) is 15.6. The molecule has 9 heteroatoms. The van der Waals surface area contributed by atoms with Gasteiger partial charge in [-0.25, -0.2) is 0 Å². The average Bonchev–Trinajstić information content (AvgIpc) is 2.79. The van der Waals surface area contributed by atoms with E-state index in [-0.39, 0.29) is 17.7 Å². The standard InChI is InChI=1S/C18H20BFN2O5/c1-17(2)18(3,4)27-19(26-17)13-8-9-15(23)21(11-13)10-12-6-5-7-14(16(12)20)22(24)25/h5-9,11H,10H2,1-4H3. The summed E-state index contributed by atoms with van der Waals surface area (Å²) in [5.41, 5.74) is -1.39. The highest BCUT2D eigenvalue weighted by Crippen LogP contribution is 2.36. The summed E-state index contributed by atoms with van der Waals surface area (Å²) in [6.45, 7) is 7.53. The van der Waals surface area contributed by atoms with Crippen molar-refractivity contribution in [1.82, 2.24) is 4.57 Å². The van der Waals surface area contributed by atoms with Crippen molar-refractivity contribution < 1.29 is 18.6 Å². The zero-order valence-electron chi connectivity index (χ0n) is 15.6. The van der Waals surface area contributed by atoms with Gasteiger partial charge in [-0.1, -0.05) is 18.2 Å². The number of nitrogens with zero attached hydrogens (tertiary/aromatic N) is 2. The molecular formula is C18H20BFN2O5. The van der Waals surface area contributed by atoms with Crippen LogP contribution in [0, 0.1) is 15.9 Å². The van der Waals surface area contributed by atoms with Crippen LogP contribution >= 0.6 is 0 Å². The smallest absolute Gasteiger partial charge is 0.399 e. The number of benzene rings is 1. The molecule has 2 heterocycles. The van der Waals surface area contributed by atoms with Crippen LogP contribution in [0.4, 0.5) is 10.1 Å². The third-order valence-electron chi connectivity index (χ3n) is 5.13. The highest BCUT2D eigenvalue weighted by Gasteiger charge is 2.51. The Hall–Kier alpha value is -2.52. The summed E-state index contributed by atoms with van der Waals surface area (Å²) in [6, 6.07) is 6.83. The van der Waals surface area contributed by atoms with E-state index >= 15 is 0 Å². The largest absolute Gasteiger partial charge is 0.496 e. The molecule has 1 aromatic carbocycles. The van der Waals surface area contributed by atoms with E-state index in [9.17, 15) is 19.3 Å². The molecule has 0 saturated carbocycles. The molecule has 0 spiro atoms. The Bertz CT molecular complexity index is 941. The number of hydrogen-bond acceptors (Lipinski definition) is 5. The van der Waals surface area contributed by atoms with Crippen LogP contribution in [-0.4, -0.2) is 27.8 Å². The number of nitro benzene ring substituents is 1. The van der Waals surface area contributed by atoms with Gasteiger partial charge >= 0.3 is 12.8 Å². The van der Waals surface area contributed by atoms with E-state index in [1.54, 1.807) is 6.07 Å². The molecule has 0 bridgehead atoms. The molecule has 1 fully saturated rings. The minimum atomic E-state index is -0.949. The van der Waals surface area contributed by atoms with Crippen molar-refractivity contribution in [1.29, 1.82) is 0 Å². The van der Waals surface area contributed by atoms with Crippen LogP contribution in [0.3, 0.4) is 0 Å². The minimum absolute atomic E-state index is 0.0531. The molecule has 1 aliphatic heterocycles. The molecule has 2 aromatic rings. The summed E-state index contributed by atoms with van der Waals surface area (Å²) >= 11 is 0. The molecule has 142 valence electrons. The molecule has 27 heavy (non-hydrogen) atoms. The van der Waals surface area contributed by atoms with Crippen LogP contribution in [0.5, 0.6) is 0 Å². The van der Waals surface area contributed by atoms with E-state index in [1.807, 2.05) is 27.7 Å². The summed E-state index contributed by atoms with van der Waals surface area (Å²) in [5, 5.41) is 10.9. The highest BCUT2D eigenvalue weighted by molar-refractivity contribution is 6.62. The lowest BCUT2D eigenvalue weighted by Gasteiger charge is -2.32. The van der Waals surface area contributed by atoms with E-state index in [2.05, 4.69) is 0 Å². The molecule has 0 amide bonds. The first-order valence-corrected chi connectivity index (χ1v) is 8.50. The first-order chi connectivity index (χ1) is 12.5. The Balaban J connectivity index is 1.93. The van der Waals surface area contributed by atoms with Crippen LogP contribution in [0.15, 0.2) is 41.3 Å². The van der Waals surface area contributed by atoms with Crippen molar-refractivity contribution >= 4 is 18.3 Å². The molecule has 3 rings (SSSR count). The van der Waals surface area contributed by atoms with Crippen LogP contribution in [0.25, 0.3) is 0 Å². The van der Waals surface area contributed by atoms with Gasteiger partial charge < -0.3 is 13.9 Å². The van der Waals surface area contributed by atoms with E-state index in [0.717, 1.165) is 6.07 Å². The molecule has 0 atom stereocenters. The van der Waals surface area contributed by atoms with Crippen molar-refractivity contribution in [3.05, 3.63) is 68.4 Å². The predicted octanol–water partition coefficient (Wildman–Crippen LogP) is 2.24. The van der Waals surface area contributed by atoms with Gasteiger partial charge in [0.15, 0.2) is 0 Å². The van der Waals surface area contributed by atoms with Crippen molar-refractivity contribution in [2.75, 3.05) is 0 Å². The molecular weight excluding hydrogens is 354 g/mol. The predicted molar refractivity (Wildman–Crippen MR) is 98.6 cm³/mol. The second kappa shape index (κ2) is 6.58. The lowest BCUT2D eigenvalue weighted by molar-refractivity contribution is -0.387. The Kier molecular flexibility index (Phi) is 4.69. The molecule has 1 saturated heterocycles. The Morgan fingerprint density at radius 2 is 1.78 bits per heavy atom. The number of nitro groups is 1. The maximum Gasteiger partial charge on any atom is 0.496 e. The number of pyridine rings is 1. The van der Waals surface area contributed by atoms with Gasteiger partial charge in [0.05, 0.1) is 22.7 Å². The van der Waals surface area contributed by atoms with E-state index in [0.29, 0.717) is 5.46 Å². The van der Waals surface area contributed by atoms with Crippen molar-refractivity contribution in [2.24, 2.45) is 0 Å². The quantitative estimate of drug-likeness (QED) is 0.466. The Morgan fingerprint density at radius 3 is 2.37 bits per heavy atom. The van der Waals surface area contributed by atoms with Gasteiger partial charge in [-0.3, -0.25) is 14.9 Å². The molecule has 0 aliphatic carbocycles. The van der Waals surface area contributed by atoms with Gasteiger partial charge in [-0.05, 0) is 33.2 Å². The van der Waals surface area contributed by atoms with Crippen LogP contribution < -0.4 is 11.0 Å². The summed E-state index contributed by atoms with van der Waals surface area (Å²) in [6.07, 6.45) is 1.53. The lowest BCUT2D eigenvalue weighted by Crippen LogP contribution is -2.41. The van der Waals surface area contributed by atoms with Crippen LogP contribution in [-0.2, 0) is 15.9 Å². The van der Waals surface area contributed by atoms with Crippen molar-refractivity contribution in [3.8, 4) is 0 Å². The fourth-order valence-corrected chi connectivity index (χ4v) is 2.80. The van der Waals surface area contributed by atoms with Crippen LogP contribution in [0.1, 0.15) is 33.3 Å². The van der Waals surface area contributed by atoms with E-state index < -0.39 is 34.7 Å². The fourth-order valence-electron chi connectivity index (χ4n) is 2.80. The van der Waals surface area contributed by atoms with Crippen LogP contribution in [0.2, 0.25) is 0 Å². The Morgan fingerprint density at radius 1 is 1.15 bits per heavy atom. The lowest BCUT2D eigenvalue weighted by atomic mass is 9.80. The summed E-state index contributed by atoms with van der Waals surface area (Å²) in [5.74, 6) is -0.949. The first kappa shape index (κ1) is 19.3. The maximum absolute atomic E-state index is 14.3. The average molecular weight is 374 g/mol. The Labute approximate surface area is 156 Å². The van der Waals surface area contributed by atoms with Crippen molar-refractivity contribution in [3.63, 3.8) is 0 Å². The van der Waals surface area contributed by atoms with E-state index in [1.165, 1.54) is 29.0 Å². The SMILES string of the molecule is CC1(C)OB(c2ccc(=O)n(Cc3cccc([N+](=O)[O-])c3F)c2)OC1(C)C. The summed E-state index contributed by atoms with van der Waals surface area (Å²) in [7, 11) is -0.670. The molecule has 1 aliphatic rings. The van der Waals surface area contributed by atoms with Gasteiger partial charge in [0, 0.05) is 23.9 Å². The molecule has 7 nitrogen and oxygen atoms in total. The summed E-state index contributed by atoms with van der Waals surface area (Å²) < 4.78 is 27.6. The van der Waals surface area contributed by atoms with Gasteiger partial charge in [0.25, 0.3) is 5.56 Å². The second-order valence-corrected chi connectivity index (χ2v) is 7.52. The number of halogens is 1. The third kappa shape index (κ3) is 3.52. The number of hydrogen-bond donors (Lipinski definition) is 0. The highest BCUT2D eigenvalue weighted by atomic mass is 19.1. The van der Waals surface area contributed by atoms with Crippen molar-refractivity contribution in [2.45, 2.75) is 45.4 Å². The summed E-state index contributed by atoms with van der Waals surface area (Å²) in [4.78, 5) is 22.3.